The van der Waals surface area contributed by atoms with Crippen LogP contribution in [0.15, 0.2) is 24.3 Å². The van der Waals surface area contributed by atoms with Crippen LogP contribution in [0.25, 0.3) is 0 Å². The summed E-state index contributed by atoms with van der Waals surface area (Å²) in [5.41, 5.74) is 0.815. The summed E-state index contributed by atoms with van der Waals surface area (Å²) in [6.07, 6.45) is 1.82. The highest BCUT2D eigenvalue weighted by Gasteiger charge is 2.02. The molecular formula is C14H21NO4. The van der Waals surface area contributed by atoms with Gasteiger partial charge >= 0.3 is 0 Å². The first kappa shape index (κ1) is 15.5. The van der Waals surface area contributed by atoms with Crippen molar-refractivity contribution in [3.63, 3.8) is 0 Å². The molecule has 0 spiro atoms. The molecule has 0 saturated carbocycles. The minimum absolute atomic E-state index is 0.00222. The van der Waals surface area contributed by atoms with E-state index in [-0.39, 0.29) is 19.1 Å². The molecule has 0 radical (unpaired) electrons. The maximum absolute atomic E-state index is 11.5. The molecule has 19 heavy (non-hydrogen) atoms. The van der Waals surface area contributed by atoms with Gasteiger partial charge < -0.3 is 19.9 Å². The van der Waals surface area contributed by atoms with E-state index in [0.717, 1.165) is 18.4 Å². The number of methoxy groups -OCH3 is 1. The zero-order valence-electron chi connectivity index (χ0n) is 11.2. The number of hydrogen-bond donors (Lipinski definition) is 2. The molecule has 0 fully saturated rings. The fourth-order valence-electron chi connectivity index (χ4n) is 1.49. The van der Waals surface area contributed by atoms with Crippen LogP contribution in [0.3, 0.4) is 0 Å². The lowest BCUT2D eigenvalue weighted by Crippen LogP contribution is -2.29. The minimum Gasteiger partial charge on any atom is -0.484 e. The summed E-state index contributed by atoms with van der Waals surface area (Å²) in [5.74, 6) is 0.482. The normalized spacial score (nSPS) is 10.2. The van der Waals surface area contributed by atoms with Gasteiger partial charge in [0.1, 0.15) is 5.75 Å². The van der Waals surface area contributed by atoms with E-state index in [1.165, 1.54) is 0 Å². The molecule has 1 amide bonds. The van der Waals surface area contributed by atoms with E-state index >= 15 is 0 Å². The second kappa shape index (κ2) is 9.35. The van der Waals surface area contributed by atoms with Gasteiger partial charge in [-0.25, -0.2) is 0 Å². The Kier molecular flexibility index (Phi) is 7.62. The van der Waals surface area contributed by atoms with E-state index in [1.54, 1.807) is 31.4 Å². The van der Waals surface area contributed by atoms with Crippen LogP contribution in [0.1, 0.15) is 18.4 Å². The summed E-state index contributed by atoms with van der Waals surface area (Å²) >= 11 is 0. The molecule has 106 valence electrons. The van der Waals surface area contributed by atoms with Crippen molar-refractivity contribution < 1.29 is 19.4 Å². The van der Waals surface area contributed by atoms with Crippen LogP contribution in [0.5, 0.6) is 5.75 Å². The van der Waals surface area contributed by atoms with Crippen LogP contribution in [-0.4, -0.2) is 37.9 Å². The molecule has 0 unspecified atom stereocenters. The van der Waals surface area contributed by atoms with Gasteiger partial charge in [0.15, 0.2) is 6.61 Å². The Hall–Kier alpha value is -1.59. The molecule has 0 aromatic heterocycles. The second-order valence-corrected chi connectivity index (χ2v) is 4.14. The lowest BCUT2D eigenvalue weighted by atomic mass is 10.2. The Morgan fingerprint density at radius 3 is 2.63 bits per heavy atom. The number of amides is 1. The Morgan fingerprint density at radius 1 is 1.26 bits per heavy atom. The zero-order valence-corrected chi connectivity index (χ0v) is 11.2. The number of carbonyl (C=O) groups excluding carboxylic acids is 1. The van der Waals surface area contributed by atoms with Gasteiger partial charge in [-0.15, -0.1) is 0 Å². The molecule has 0 saturated heterocycles. The van der Waals surface area contributed by atoms with Gasteiger partial charge in [0, 0.05) is 20.3 Å². The van der Waals surface area contributed by atoms with Gasteiger partial charge in [0.25, 0.3) is 5.91 Å². The summed E-state index contributed by atoms with van der Waals surface area (Å²) < 4.78 is 10.2. The Bertz CT molecular complexity index is 364. The first-order valence-electron chi connectivity index (χ1n) is 6.34. The SMILES string of the molecule is COCCCCNC(=O)COc1ccc(CO)cc1. The standard InChI is InChI=1S/C14H21NO4/c1-18-9-3-2-8-15-14(17)11-19-13-6-4-12(10-16)5-7-13/h4-7,16H,2-3,8-11H2,1H3,(H,15,17). The lowest BCUT2D eigenvalue weighted by molar-refractivity contribution is -0.123. The number of carbonyl (C=O) groups is 1. The van der Waals surface area contributed by atoms with Crippen molar-refractivity contribution in [2.24, 2.45) is 0 Å². The average Bonchev–Trinajstić information content (AvgIpc) is 2.45. The highest BCUT2D eigenvalue weighted by Crippen LogP contribution is 2.11. The van der Waals surface area contributed by atoms with E-state index in [1.807, 2.05) is 0 Å². The van der Waals surface area contributed by atoms with Crippen molar-refractivity contribution in [2.75, 3.05) is 26.9 Å². The number of nitrogens with one attached hydrogen (secondary N) is 1. The number of unbranched alkanes of at least 4 members (excludes halogenated alkanes) is 1. The number of benzene rings is 1. The van der Waals surface area contributed by atoms with Crippen molar-refractivity contribution >= 4 is 5.91 Å². The number of aliphatic hydroxyl groups is 1. The third kappa shape index (κ3) is 6.79. The number of rotatable bonds is 9. The van der Waals surface area contributed by atoms with E-state index in [0.29, 0.717) is 18.9 Å². The van der Waals surface area contributed by atoms with Crippen LogP contribution in [0, 0.1) is 0 Å². The van der Waals surface area contributed by atoms with Gasteiger partial charge in [-0.05, 0) is 30.5 Å². The average molecular weight is 267 g/mol. The molecule has 0 atom stereocenters. The molecule has 0 aliphatic carbocycles. The number of aliphatic hydroxyl groups excluding tert-OH is 1. The van der Waals surface area contributed by atoms with Crippen molar-refractivity contribution in [3.05, 3.63) is 29.8 Å². The summed E-state index contributed by atoms with van der Waals surface area (Å²) in [7, 11) is 1.66. The quantitative estimate of drug-likeness (QED) is 0.657. The smallest absolute Gasteiger partial charge is 0.257 e. The summed E-state index contributed by atoms with van der Waals surface area (Å²) in [4.78, 5) is 11.5. The van der Waals surface area contributed by atoms with Gasteiger partial charge in [-0.2, -0.15) is 0 Å². The molecular weight excluding hydrogens is 246 g/mol. The topological polar surface area (TPSA) is 67.8 Å². The lowest BCUT2D eigenvalue weighted by Gasteiger charge is -2.07. The molecule has 0 bridgehead atoms. The van der Waals surface area contributed by atoms with Crippen molar-refractivity contribution in [2.45, 2.75) is 19.4 Å². The summed E-state index contributed by atoms with van der Waals surface area (Å²) in [5, 5.41) is 11.7. The van der Waals surface area contributed by atoms with Gasteiger partial charge in [0.2, 0.25) is 0 Å². The van der Waals surface area contributed by atoms with Crippen molar-refractivity contribution in [1.82, 2.24) is 5.32 Å². The van der Waals surface area contributed by atoms with Crippen LogP contribution in [0.4, 0.5) is 0 Å². The number of hydrogen-bond acceptors (Lipinski definition) is 4. The Labute approximate surface area is 113 Å². The second-order valence-electron chi connectivity index (χ2n) is 4.14. The van der Waals surface area contributed by atoms with E-state index < -0.39 is 0 Å². The Balaban J connectivity index is 2.15. The fourth-order valence-corrected chi connectivity index (χ4v) is 1.49. The molecule has 1 rings (SSSR count). The summed E-state index contributed by atoms with van der Waals surface area (Å²) in [6, 6.07) is 6.99. The highest BCUT2D eigenvalue weighted by molar-refractivity contribution is 5.77. The Morgan fingerprint density at radius 2 is 2.00 bits per heavy atom. The molecule has 1 aromatic rings. The van der Waals surface area contributed by atoms with Crippen LogP contribution in [0.2, 0.25) is 0 Å². The summed E-state index contributed by atoms with van der Waals surface area (Å²) in [6.45, 7) is 1.35. The van der Waals surface area contributed by atoms with Gasteiger partial charge in [0.05, 0.1) is 6.61 Å². The third-order valence-corrected chi connectivity index (χ3v) is 2.57. The molecule has 1 aromatic carbocycles. The first-order valence-corrected chi connectivity index (χ1v) is 6.34. The molecule has 5 nitrogen and oxygen atoms in total. The van der Waals surface area contributed by atoms with E-state index in [4.69, 9.17) is 14.6 Å². The minimum atomic E-state index is -0.136. The van der Waals surface area contributed by atoms with Crippen molar-refractivity contribution in [3.8, 4) is 5.75 Å². The third-order valence-electron chi connectivity index (χ3n) is 2.57. The fraction of sp³-hybridized carbons (Fsp3) is 0.500. The van der Waals surface area contributed by atoms with Gasteiger partial charge in [-0.3, -0.25) is 4.79 Å². The molecule has 2 N–H and O–H groups in total. The van der Waals surface area contributed by atoms with Crippen molar-refractivity contribution in [1.29, 1.82) is 0 Å². The molecule has 0 aliphatic heterocycles. The first-order chi connectivity index (χ1) is 9.26. The monoisotopic (exact) mass is 267 g/mol. The predicted molar refractivity (Wildman–Crippen MR) is 72.0 cm³/mol. The maximum Gasteiger partial charge on any atom is 0.257 e. The number of ether oxygens (including phenoxy) is 2. The van der Waals surface area contributed by atoms with E-state index in [9.17, 15) is 4.79 Å². The van der Waals surface area contributed by atoms with Gasteiger partial charge in [-0.1, -0.05) is 12.1 Å². The van der Waals surface area contributed by atoms with Crippen LogP contribution >= 0.6 is 0 Å². The maximum atomic E-state index is 11.5. The molecule has 5 heteroatoms. The van der Waals surface area contributed by atoms with Crippen LogP contribution < -0.4 is 10.1 Å². The molecule has 0 aliphatic rings. The van der Waals surface area contributed by atoms with Crippen LogP contribution in [-0.2, 0) is 16.1 Å². The predicted octanol–water partition coefficient (Wildman–Crippen LogP) is 1.10. The molecule has 0 heterocycles. The van der Waals surface area contributed by atoms with E-state index in [2.05, 4.69) is 5.32 Å². The zero-order chi connectivity index (χ0) is 13.9. The highest BCUT2D eigenvalue weighted by atomic mass is 16.5. The largest absolute Gasteiger partial charge is 0.484 e.